The van der Waals surface area contributed by atoms with Crippen molar-refractivity contribution in [3.63, 3.8) is 0 Å². The summed E-state index contributed by atoms with van der Waals surface area (Å²) in [5.41, 5.74) is 4.10. The fourth-order valence-corrected chi connectivity index (χ4v) is 4.75. The maximum atomic E-state index is 14.1. The molecule has 3 rings (SSSR count). The molecule has 2 heterocycles. The molecule has 1 atom stereocenters. The molecule has 2 aromatic rings. The number of halogens is 1. The standard InChI is InChI=1S/C26H34FN4O3P/c1-6-30(7-2)13-11-28-25(33)24-16(3)21(29-17(24)4)15-20-19-14-18(27)8-9-22(19)31(26(20)34)12-10-23(32)35-5/h8-9,14-15,29,35H,6-7,10-13H2,1-5H3,(H,28,33)/b20-15-. The Hall–Kier alpha value is -2.83. The van der Waals surface area contributed by atoms with Crippen molar-refractivity contribution < 1.29 is 18.8 Å². The Morgan fingerprint density at radius 3 is 2.60 bits per heavy atom. The number of fused-ring (bicyclic) bond motifs is 1. The van der Waals surface area contributed by atoms with Crippen LogP contribution >= 0.6 is 8.58 Å². The lowest BCUT2D eigenvalue weighted by molar-refractivity contribution is -0.113. The van der Waals surface area contributed by atoms with Crippen molar-refractivity contribution in [1.82, 2.24) is 15.2 Å². The Labute approximate surface area is 207 Å². The lowest BCUT2D eigenvalue weighted by Gasteiger charge is -2.18. The molecule has 1 aliphatic heterocycles. The molecule has 35 heavy (non-hydrogen) atoms. The van der Waals surface area contributed by atoms with Gasteiger partial charge in [0, 0.05) is 43.0 Å². The highest BCUT2D eigenvalue weighted by Crippen LogP contribution is 2.39. The first-order chi connectivity index (χ1) is 16.7. The van der Waals surface area contributed by atoms with Crippen molar-refractivity contribution in [3.05, 3.63) is 52.1 Å². The normalized spacial score (nSPS) is 14.5. The van der Waals surface area contributed by atoms with E-state index in [4.69, 9.17) is 0 Å². The molecule has 2 N–H and O–H groups in total. The van der Waals surface area contributed by atoms with E-state index >= 15 is 0 Å². The van der Waals surface area contributed by atoms with Gasteiger partial charge in [0.15, 0.2) is 5.52 Å². The molecule has 0 spiro atoms. The van der Waals surface area contributed by atoms with Gasteiger partial charge in [0.2, 0.25) is 0 Å². The van der Waals surface area contributed by atoms with E-state index in [0.717, 1.165) is 25.2 Å². The molecule has 2 amide bonds. The maximum absolute atomic E-state index is 14.1. The van der Waals surface area contributed by atoms with Gasteiger partial charge in [0.25, 0.3) is 11.8 Å². The summed E-state index contributed by atoms with van der Waals surface area (Å²) in [5.74, 6) is -0.893. The van der Waals surface area contributed by atoms with Gasteiger partial charge in [-0.25, -0.2) is 4.39 Å². The third-order valence-corrected chi connectivity index (χ3v) is 7.26. The minimum Gasteiger partial charge on any atom is -0.358 e. The number of likely N-dealkylation sites (N-methyl/N-ethyl adjacent to an activating group) is 1. The first-order valence-corrected chi connectivity index (χ1v) is 13.5. The van der Waals surface area contributed by atoms with E-state index in [-0.39, 0.29) is 38.9 Å². The minimum atomic E-state index is -0.442. The maximum Gasteiger partial charge on any atom is 0.259 e. The molecule has 188 valence electrons. The summed E-state index contributed by atoms with van der Waals surface area (Å²) in [6.07, 6.45) is 1.93. The number of rotatable bonds is 11. The number of H-pyrrole nitrogens is 1. The number of carbonyl (C=O) groups is 3. The van der Waals surface area contributed by atoms with E-state index in [2.05, 4.69) is 29.0 Å². The first kappa shape index (κ1) is 26.8. The Balaban J connectivity index is 1.89. The molecular formula is C26H34FN4O3P. The van der Waals surface area contributed by atoms with Gasteiger partial charge in [-0.3, -0.25) is 14.4 Å². The average molecular weight is 501 g/mol. The molecule has 7 nitrogen and oxygen atoms in total. The SMILES string of the molecule is CCN(CC)CCNC(=O)c1c(C)[nH]c(/C=C2\C(=O)N(CCC(=O)PC)c3ccc(F)cc32)c1C. The molecule has 0 aliphatic carbocycles. The van der Waals surface area contributed by atoms with Crippen LogP contribution in [-0.2, 0) is 9.59 Å². The summed E-state index contributed by atoms with van der Waals surface area (Å²) >= 11 is 0. The van der Waals surface area contributed by atoms with Crippen LogP contribution in [0, 0.1) is 19.7 Å². The highest BCUT2D eigenvalue weighted by molar-refractivity contribution is 7.57. The second-order valence-electron chi connectivity index (χ2n) is 8.55. The number of benzene rings is 1. The second kappa shape index (κ2) is 11.7. The summed E-state index contributed by atoms with van der Waals surface area (Å²) in [6, 6.07) is 4.23. The van der Waals surface area contributed by atoms with Gasteiger partial charge in [-0.05, 0) is 63.4 Å². The van der Waals surface area contributed by atoms with Crippen LogP contribution in [0.1, 0.15) is 53.1 Å². The highest BCUT2D eigenvalue weighted by Gasteiger charge is 2.33. The summed E-state index contributed by atoms with van der Waals surface area (Å²) in [7, 11) is 0.167. The number of aromatic amines is 1. The van der Waals surface area contributed by atoms with Crippen LogP contribution in [0.4, 0.5) is 10.1 Å². The van der Waals surface area contributed by atoms with Gasteiger partial charge in [0.05, 0.1) is 16.8 Å². The molecule has 0 saturated heterocycles. The molecule has 1 aliphatic rings. The lowest BCUT2D eigenvalue weighted by atomic mass is 10.0. The summed E-state index contributed by atoms with van der Waals surface area (Å²) in [5, 5.41) is 2.98. The zero-order valence-electron chi connectivity index (χ0n) is 21.0. The van der Waals surface area contributed by atoms with Crippen molar-refractivity contribution >= 4 is 43.3 Å². The van der Waals surface area contributed by atoms with E-state index < -0.39 is 5.82 Å². The summed E-state index contributed by atoms with van der Waals surface area (Å²) < 4.78 is 14.1. The van der Waals surface area contributed by atoms with E-state index in [0.29, 0.717) is 40.3 Å². The Bertz CT molecular complexity index is 1150. The number of nitrogens with zero attached hydrogens (tertiary/aromatic N) is 2. The Morgan fingerprint density at radius 2 is 1.94 bits per heavy atom. The second-order valence-corrected chi connectivity index (χ2v) is 9.60. The van der Waals surface area contributed by atoms with E-state index in [1.807, 2.05) is 20.5 Å². The first-order valence-electron chi connectivity index (χ1n) is 12.0. The molecule has 9 heteroatoms. The molecule has 0 fully saturated rings. The van der Waals surface area contributed by atoms with Crippen molar-refractivity contribution in [2.24, 2.45) is 0 Å². The molecular weight excluding hydrogens is 466 g/mol. The van der Waals surface area contributed by atoms with Gasteiger partial charge in [-0.1, -0.05) is 22.4 Å². The van der Waals surface area contributed by atoms with Crippen LogP contribution in [-0.4, -0.2) is 66.6 Å². The third kappa shape index (κ3) is 5.88. The zero-order valence-corrected chi connectivity index (χ0v) is 22.0. The van der Waals surface area contributed by atoms with Crippen molar-refractivity contribution in [2.75, 3.05) is 44.3 Å². The lowest BCUT2D eigenvalue weighted by Crippen LogP contribution is -2.35. The van der Waals surface area contributed by atoms with E-state index in [9.17, 15) is 18.8 Å². The molecule has 1 unspecified atom stereocenters. The predicted molar refractivity (Wildman–Crippen MR) is 141 cm³/mol. The van der Waals surface area contributed by atoms with Gasteiger partial charge in [0.1, 0.15) is 5.82 Å². The van der Waals surface area contributed by atoms with Crippen molar-refractivity contribution in [3.8, 4) is 0 Å². The Morgan fingerprint density at radius 1 is 1.23 bits per heavy atom. The fourth-order valence-electron chi connectivity index (χ4n) is 4.39. The number of carbonyl (C=O) groups excluding carboxylic acids is 3. The summed E-state index contributed by atoms with van der Waals surface area (Å²) in [6.45, 7) is 13.0. The topological polar surface area (TPSA) is 85.5 Å². The number of hydrogen-bond acceptors (Lipinski definition) is 4. The Kier molecular flexibility index (Phi) is 8.98. The molecule has 1 aromatic carbocycles. The van der Waals surface area contributed by atoms with Crippen molar-refractivity contribution in [1.29, 1.82) is 0 Å². The zero-order chi connectivity index (χ0) is 25.7. The van der Waals surface area contributed by atoms with Crippen LogP contribution in [0.5, 0.6) is 0 Å². The van der Waals surface area contributed by atoms with E-state index in [1.54, 1.807) is 12.1 Å². The predicted octanol–water partition coefficient (Wildman–Crippen LogP) is 3.95. The van der Waals surface area contributed by atoms with Crippen molar-refractivity contribution in [2.45, 2.75) is 34.1 Å². The van der Waals surface area contributed by atoms with Crippen LogP contribution in [0.2, 0.25) is 0 Å². The molecule has 1 aromatic heterocycles. The summed E-state index contributed by atoms with van der Waals surface area (Å²) in [4.78, 5) is 45.1. The van der Waals surface area contributed by atoms with E-state index in [1.165, 1.54) is 17.0 Å². The van der Waals surface area contributed by atoms with Crippen LogP contribution in [0.15, 0.2) is 18.2 Å². The monoisotopic (exact) mass is 500 g/mol. The number of hydrogen-bond donors (Lipinski definition) is 2. The number of amides is 2. The highest BCUT2D eigenvalue weighted by atomic mass is 31.1. The number of nitrogens with one attached hydrogen (secondary N) is 2. The number of anilines is 1. The van der Waals surface area contributed by atoms with Crippen LogP contribution < -0.4 is 10.2 Å². The minimum absolute atomic E-state index is 0.0892. The van der Waals surface area contributed by atoms with Crippen LogP contribution in [0.25, 0.3) is 11.6 Å². The average Bonchev–Trinajstić information content (AvgIpc) is 3.26. The van der Waals surface area contributed by atoms with Crippen LogP contribution in [0.3, 0.4) is 0 Å². The molecule has 0 bridgehead atoms. The third-order valence-electron chi connectivity index (χ3n) is 6.46. The number of aryl methyl sites for hydroxylation is 1. The number of aromatic nitrogens is 1. The van der Waals surface area contributed by atoms with Gasteiger partial charge >= 0.3 is 0 Å². The van der Waals surface area contributed by atoms with Gasteiger partial charge in [-0.15, -0.1) is 0 Å². The van der Waals surface area contributed by atoms with Gasteiger partial charge < -0.3 is 20.1 Å². The quantitative estimate of drug-likeness (QED) is 0.361. The molecule has 0 radical (unpaired) electrons. The smallest absolute Gasteiger partial charge is 0.259 e. The fraction of sp³-hybridized carbons (Fsp3) is 0.423. The van der Waals surface area contributed by atoms with Gasteiger partial charge in [-0.2, -0.15) is 0 Å². The largest absolute Gasteiger partial charge is 0.358 e. The molecule has 0 saturated carbocycles.